The Morgan fingerprint density at radius 3 is 2.18 bits per heavy atom. The van der Waals surface area contributed by atoms with Gasteiger partial charge < -0.3 is 20.2 Å². The lowest BCUT2D eigenvalue weighted by molar-refractivity contribution is -0.107. The Bertz CT molecular complexity index is 546. The third kappa shape index (κ3) is 3.64. The molecule has 0 radical (unpaired) electrons. The first-order chi connectivity index (χ1) is 10.3. The second kappa shape index (κ2) is 7.69. The van der Waals surface area contributed by atoms with E-state index in [4.69, 9.17) is 5.11 Å². The molecule has 0 spiro atoms. The molecule has 0 heterocycles. The van der Waals surface area contributed by atoms with Gasteiger partial charge in [0.2, 0.25) is 6.41 Å². The van der Waals surface area contributed by atoms with Gasteiger partial charge in [0.05, 0.1) is 12.7 Å². The zero-order chi connectivity index (χ0) is 17.0. The van der Waals surface area contributed by atoms with Gasteiger partial charge in [-0.05, 0) is 49.9 Å². The molecule has 1 aromatic carbocycles. The zero-order valence-corrected chi connectivity index (χ0v) is 13.8. The quantitative estimate of drug-likeness (QED) is 0.433. The highest BCUT2D eigenvalue weighted by atomic mass is 16.3. The number of hydrogen-bond donors (Lipinski definition) is 4. The maximum Gasteiger partial charge on any atom is 0.213 e. The Labute approximate surface area is 131 Å². The van der Waals surface area contributed by atoms with E-state index in [0.29, 0.717) is 5.56 Å². The molecule has 1 rings (SSSR count). The lowest BCUT2D eigenvalue weighted by atomic mass is 9.90. The van der Waals surface area contributed by atoms with E-state index in [-0.39, 0.29) is 13.2 Å². The van der Waals surface area contributed by atoms with Crippen molar-refractivity contribution in [2.24, 2.45) is 0 Å². The normalized spacial score (nSPS) is 13.8. The molecule has 0 aromatic heterocycles. The average molecular weight is 310 g/mol. The van der Waals surface area contributed by atoms with Crippen LogP contribution in [0.1, 0.15) is 34.0 Å². The van der Waals surface area contributed by atoms with Gasteiger partial charge in [0.15, 0.2) is 0 Å². The molecule has 0 fully saturated rings. The monoisotopic (exact) mass is 310 g/mol. The van der Waals surface area contributed by atoms with Crippen molar-refractivity contribution < 1.29 is 20.1 Å². The van der Waals surface area contributed by atoms with Crippen LogP contribution in [0.2, 0.25) is 0 Å². The number of nitrogens with zero attached hydrogens (tertiary/aromatic N) is 1. The molecule has 0 aliphatic rings. The van der Waals surface area contributed by atoms with Crippen LogP contribution in [-0.4, -0.2) is 48.0 Å². The Kier molecular flexibility index (Phi) is 6.49. The van der Waals surface area contributed by atoms with Crippen molar-refractivity contribution in [1.82, 2.24) is 5.32 Å². The van der Waals surface area contributed by atoms with Gasteiger partial charge in [-0.2, -0.15) is 0 Å². The Morgan fingerprint density at radius 1 is 1.09 bits per heavy atom. The number of hydrogen-bond acceptors (Lipinski definition) is 5. The number of amides is 1. The number of aliphatic hydroxyl groups is 3. The molecular formula is C16H26N2O4. The highest BCUT2D eigenvalue weighted by Gasteiger charge is 2.22. The maximum atomic E-state index is 11.1. The van der Waals surface area contributed by atoms with E-state index in [1.165, 1.54) is 4.90 Å². The summed E-state index contributed by atoms with van der Waals surface area (Å²) in [5.41, 5.74) is 5.22. The zero-order valence-electron chi connectivity index (χ0n) is 13.8. The van der Waals surface area contributed by atoms with Crippen LogP contribution >= 0.6 is 0 Å². The molecule has 4 N–H and O–H groups in total. The van der Waals surface area contributed by atoms with Crippen LogP contribution in [0.15, 0.2) is 0 Å². The molecule has 0 saturated heterocycles. The number of nitrogens with one attached hydrogen (secondary N) is 1. The Balaban J connectivity index is 3.29. The standard InChI is InChI=1S/C16H26N2O4/c1-9-10(2)14(16(22)17-6-13(21)7-19)12(4)15(11(9)3)18(5)8-20/h8,13,16-17,19,21-22H,6-7H2,1-5H3. The molecule has 0 aliphatic carbocycles. The number of rotatable bonds is 7. The first kappa shape index (κ1) is 18.6. The van der Waals surface area contributed by atoms with E-state index in [9.17, 15) is 15.0 Å². The summed E-state index contributed by atoms with van der Waals surface area (Å²) >= 11 is 0. The van der Waals surface area contributed by atoms with Gasteiger partial charge in [-0.1, -0.05) is 0 Å². The van der Waals surface area contributed by atoms with Crippen LogP contribution in [0.25, 0.3) is 0 Å². The van der Waals surface area contributed by atoms with Gasteiger partial charge in [0.25, 0.3) is 0 Å². The van der Waals surface area contributed by atoms with Crippen LogP contribution in [0.5, 0.6) is 0 Å². The van der Waals surface area contributed by atoms with E-state index < -0.39 is 12.3 Å². The number of aliphatic hydroxyl groups excluding tert-OH is 3. The molecule has 0 bridgehead atoms. The predicted molar refractivity (Wildman–Crippen MR) is 85.9 cm³/mol. The minimum Gasteiger partial charge on any atom is -0.394 e. The van der Waals surface area contributed by atoms with Crippen LogP contribution in [0.3, 0.4) is 0 Å². The molecular weight excluding hydrogens is 284 g/mol. The summed E-state index contributed by atoms with van der Waals surface area (Å²) in [5.74, 6) is 0. The minimum absolute atomic E-state index is 0.0717. The Hall–Kier alpha value is -1.47. The van der Waals surface area contributed by atoms with E-state index in [1.807, 2.05) is 27.7 Å². The summed E-state index contributed by atoms with van der Waals surface area (Å²) in [6, 6.07) is 0. The van der Waals surface area contributed by atoms with Crippen molar-refractivity contribution in [1.29, 1.82) is 0 Å². The van der Waals surface area contributed by atoms with Gasteiger partial charge in [-0.25, -0.2) is 0 Å². The second-order valence-corrected chi connectivity index (χ2v) is 5.63. The molecule has 0 aliphatic heterocycles. The smallest absolute Gasteiger partial charge is 0.213 e. The van der Waals surface area contributed by atoms with Crippen LogP contribution in [-0.2, 0) is 4.79 Å². The van der Waals surface area contributed by atoms with Crippen molar-refractivity contribution in [2.45, 2.75) is 40.0 Å². The van der Waals surface area contributed by atoms with Gasteiger partial charge in [-0.15, -0.1) is 0 Å². The summed E-state index contributed by atoms with van der Waals surface area (Å²) in [5, 5.41) is 31.4. The van der Waals surface area contributed by atoms with E-state index in [2.05, 4.69) is 5.32 Å². The summed E-state index contributed by atoms with van der Waals surface area (Å²) in [4.78, 5) is 12.6. The molecule has 1 aromatic rings. The highest BCUT2D eigenvalue weighted by Crippen LogP contribution is 2.35. The van der Waals surface area contributed by atoms with Crippen LogP contribution in [0, 0.1) is 27.7 Å². The molecule has 0 saturated carbocycles. The SMILES string of the molecule is Cc1c(C)c(C(O)NCC(O)CO)c(C)c(N(C)C=O)c1C. The molecule has 1 amide bonds. The lowest BCUT2D eigenvalue weighted by Gasteiger charge is -2.27. The van der Waals surface area contributed by atoms with Crippen molar-refractivity contribution in [3.8, 4) is 0 Å². The summed E-state index contributed by atoms with van der Waals surface area (Å²) in [6.45, 7) is 7.38. The second-order valence-electron chi connectivity index (χ2n) is 5.63. The fraction of sp³-hybridized carbons (Fsp3) is 0.562. The van der Waals surface area contributed by atoms with Gasteiger partial charge in [-0.3, -0.25) is 10.1 Å². The fourth-order valence-electron chi connectivity index (χ4n) is 2.76. The predicted octanol–water partition coefficient (Wildman–Crippen LogP) is 0.447. The number of anilines is 1. The van der Waals surface area contributed by atoms with E-state index >= 15 is 0 Å². The molecule has 6 heteroatoms. The molecule has 2 unspecified atom stereocenters. The van der Waals surface area contributed by atoms with Gasteiger partial charge >= 0.3 is 0 Å². The van der Waals surface area contributed by atoms with Crippen LogP contribution in [0.4, 0.5) is 5.69 Å². The summed E-state index contributed by atoms with van der Waals surface area (Å²) < 4.78 is 0. The number of carbonyl (C=O) groups is 1. The van der Waals surface area contributed by atoms with Gasteiger partial charge in [0, 0.05) is 24.8 Å². The van der Waals surface area contributed by atoms with Crippen molar-refractivity contribution >= 4 is 12.1 Å². The van der Waals surface area contributed by atoms with E-state index in [0.717, 1.165) is 34.4 Å². The van der Waals surface area contributed by atoms with Gasteiger partial charge in [0.1, 0.15) is 6.23 Å². The first-order valence-electron chi connectivity index (χ1n) is 7.24. The minimum atomic E-state index is -0.987. The number of carbonyl (C=O) groups excluding carboxylic acids is 1. The summed E-state index contributed by atoms with van der Waals surface area (Å²) in [6.07, 6.45) is -1.18. The van der Waals surface area contributed by atoms with Crippen molar-refractivity contribution in [2.75, 3.05) is 25.1 Å². The van der Waals surface area contributed by atoms with Crippen LogP contribution < -0.4 is 10.2 Å². The maximum absolute atomic E-state index is 11.1. The molecule has 22 heavy (non-hydrogen) atoms. The first-order valence-corrected chi connectivity index (χ1v) is 7.24. The third-order valence-corrected chi connectivity index (χ3v) is 4.19. The Morgan fingerprint density at radius 2 is 1.68 bits per heavy atom. The lowest BCUT2D eigenvalue weighted by Crippen LogP contribution is -2.33. The topological polar surface area (TPSA) is 93.0 Å². The largest absolute Gasteiger partial charge is 0.394 e. The van der Waals surface area contributed by atoms with E-state index in [1.54, 1.807) is 7.05 Å². The average Bonchev–Trinajstić information content (AvgIpc) is 2.50. The fourth-order valence-corrected chi connectivity index (χ4v) is 2.76. The molecule has 2 atom stereocenters. The molecule has 6 nitrogen and oxygen atoms in total. The third-order valence-electron chi connectivity index (χ3n) is 4.19. The molecule has 124 valence electrons. The number of benzene rings is 1. The highest BCUT2D eigenvalue weighted by molar-refractivity contribution is 5.80. The summed E-state index contributed by atoms with van der Waals surface area (Å²) in [7, 11) is 1.68. The van der Waals surface area contributed by atoms with Crippen molar-refractivity contribution in [3.63, 3.8) is 0 Å². The van der Waals surface area contributed by atoms with Crippen molar-refractivity contribution in [3.05, 3.63) is 27.8 Å².